The maximum atomic E-state index is 14.8. The van der Waals surface area contributed by atoms with Crippen LogP contribution in [-0.4, -0.2) is 32.4 Å². The van der Waals surface area contributed by atoms with Crippen molar-refractivity contribution in [1.82, 2.24) is 9.97 Å². The van der Waals surface area contributed by atoms with Gasteiger partial charge in [0.25, 0.3) is 0 Å². The van der Waals surface area contributed by atoms with Crippen molar-refractivity contribution in [3.8, 4) is 18.2 Å². The number of hydrogen-bond acceptors (Lipinski definition) is 6. The van der Waals surface area contributed by atoms with E-state index in [-0.39, 0.29) is 16.3 Å². The summed E-state index contributed by atoms with van der Waals surface area (Å²) in [5.74, 6) is 2.69. The van der Waals surface area contributed by atoms with Gasteiger partial charge in [-0.25, -0.2) is 18.7 Å². The van der Waals surface area contributed by atoms with E-state index >= 15 is 0 Å². The average Bonchev–Trinajstić information content (AvgIpc) is 2.77. The molecule has 8 heteroatoms. The van der Waals surface area contributed by atoms with Gasteiger partial charge >= 0.3 is 0 Å². The quantitative estimate of drug-likeness (QED) is 0.621. The first-order valence-corrected chi connectivity index (χ1v) is 11.2. The molecule has 5 nitrogen and oxygen atoms in total. The summed E-state index contributed by atoms with van der Waals surface area (Å²) in [6.45, 7) is 7.67. The Morgan fingerprint density at radius 3 is 2.69 bits per heavy atom. The molecule has 2 heterocycles. The fourth-order valence-corrected chi connectivity index (χ4v) is 4.17. The topological polar surface area (TPSA) is 73.4 Å². The van der Waals surface area contributed by atoms with Gasteiger partial charge in [-0.05, 0) is 51.0 Å². The molecule has 2 N–H and O–H groups in total. The molecule has 0 saturated heterocycles. The number of hydrogen-bond donors (Lipinski definition) is 1. The van der Waals surface area contributed by atoms with Crippen molar-refractivity contribution in [1.29, 1.82) is 0 Å². The minimum atomic E-state index is -0.847. The molecule has 3 rings (SSSR count). The van der Waals surface area contributed by atoms with Gasteiger partial charge in [-0.1, -0.05) is 18.9 Å². The van der Waals surface area contributed by atoms with Gasteiger partial charge in [0.1, 0.15) is 17.3 Å². The second kappa shape index (κ2) is 9.29. The summed E-state index contributed by atoms with van der Waals surface area (Å²) in [4.78, 5) is 12.7. The minimum Gasteiger partial charge on any atom is -0.460 e. The van der Waals surface area contributed by atoms with Crippen molar-refractivity contribution in [2.75, 3.05) is 5.75 Å². The van der Waals surface area contributed by atoms with Crippen LogP contribution < -0.4 is 10.5 Å². The molecule has 0 bridgehead atoms. The van der Waals surface area contributed by atoms with Crippen molar-refractivity contribution in [2.45, 2.75) is 50.5 Å². The first-order valence-electron chi connectivity index (χ1n) is 10.2. The van der Waals surface area contributed by atoms with Crippen LogP contribution in [0.3, 0.4) is 0 Å². The predicted octanol–water partition coefficient (Wildman–Crippen LogP) is 4.97. The van der Waals surface area contributed by atoms with E-state index in [0.717, 1.165) is 0 Å². The fraction of sp³-hybridized carbons (Fsp3) is 0.375. The molecule has 32 heavy (non-hydrogen) atoms. The molecule has 1 aromatic carbocycles. The third-order valence-corrected chi connectivity index (χ3v) is 6.89. The van der Waals surface area contributed by atoms with Gasteiger partial charge in [0.15, 0.2) is 11.9 Å². The van der Waals surface area contributed by atoms with E-state index in [1.807, 2.05) is 27.7 Å². The molecule has 1 aromatic heterocycles. The SMILES string of the molecule is C#C[C@H](CC)Oc1cnc(/C(F)=C/c2ccc(F)c([C@]3(C)CSC(C)(C)C(N)=N3)c2)cn1. The highest BCUT2D eigenvalue weighted by Crippen LogP contribution is 2.41. The molecule has 0 unspecified atom stereocenters. The molecule has 0 radical (unpaired) electrons. The van der Waals surface area contributed by atoms with Crippen molar-refractivity contribution in [3.63, 3.8) is 0 Å². The summed E-state index contributed by atoms with van der Waals surface area (Å²) in [5.41, 5.74) is 6.15. The number of aromatic nitrogens is 2. The van der Waals surface area contributed by atoms with Gasteiger partial charge in [-0.2, -0.15) is 0 Å². The molecule has 2 atom stereocenters. The van der Waals surface area contributed by atoms with Crippen LogP contribution in [0.2, 0.25) is 0 Å². The van der Waals surface area contributed by atoms with E-state index in [0.29, 0.717) is 29.1 Å². The van der Waals surface area contributed by atoms with Gasteiger partial charge in [-0.15, -0.1) is 18.2 Å². The third kappa shape index (κ3) is 5.10. The maximum Gasteiger partial charge on any atom is 0.233 e. The summed E-state index contributed by atoms with van der Waals surface area (Å²) in [6, 6.07) is 4.40. The number of nitrogens with zero attached hydrogens (tertiary/aromatic N) is 3. The lowest BCUT2D eigenvalue weighted by Gasteiger charge is -2.37. The molecule has 0 saturated carbocycles. The zero-order chi connectivity index (χ0) is 23.5. The summed E-state index contributed by atoms with van der Waals surface area (Å²) >= 11 is 1.61. The van der Waals surface area contributed by atoms with Gasteiger partial charge in [-0.3, -0.25) is 4.99 Å². The van der Waals surface area contributed by atoms with Crippen LogP contribution >= 0.6 is 11.8 Å². The number of aliphatic imine (C=N–C) groups is 1. The molecule has 0 fully saturated rings. The standard InChI is InChI=1S/C24H26F2N4OS/c1-6-16(7-2)31-21-13-28-20(12-29-21)19(26)11-15-8-9-18(25)17(10-15)24(5)14-32-23(3,4)22(27)30-24/h1,8-13,16H,7,14H2,2-5H3,(H2,27,30)/b19-11-/t16-,24+/m1/s1. The molecule has 168 valence electrons. The van der Waals surface area contributed by atoms with Crippen LogP contribution in [-0.2, 0) is 5.54 Å². The van der Waals surface area contributed by atoms with Crippen LogP contribution in [0.15, 0.2) is 35.6 Å². The van der Waals surface area contributed by atoms with E-state index in [1.165, 1.54) is 30.6 Å². The Hall–Kier alpha value is -2.92. The first-order chi connectivity index (χ1) is 15.1. The zero-order valence-corrected chi connectivity index (χ0v) is 19.3. The van der Waals surface area contributed by atoms with E-state index in [2.05, 4.69) is 20.9 Å². The Balaban J connectivity index is 1.87. The number of amidine groups is 1. The van der Waals surface area contributed by atoms with Gasteiger partial charge in [0.2, 0.25) is 5.88 Å². The van der Waals surface area contributed by atoms with Crippen molar-refractivity contribution >= 4 is 29.5 Å². The predicted molar refractivity (Wildman–Crippen MR) is 126 cm³/mol. The lowest BCUT2D eigenvalue weighted by atomic mass is 9.91. The van der Waals surface area contributed by atoms with Gasteiger partial charge in [0, 0.05) is 11.3 Å². The summed E-state index contributed by atoms with van der Waals surface area (Å²) < 4.78 is 34.7. The molecule has 0 amide bonds. The second-order valence-electron chi connectivity index (χ2n) is 8.22. The Kier molecular flexibility index (Phi) is 6.89. The lowest BCUT2D eigenvalue weighted by molar-refractivity contribution is 0.243. The van der Waals surface area contributed by atoms with Crippen LogP contribution in [0, 0.1) is 18.2 Å². The number of terminal acetylenes is 1. The number of halogens is 2. The molecular formula is C24H26F2N4OS. The zero-order valence-electron chi connectivity index (χ0n) is 18.5. The van der Waals surface area contributed by atoms with Crippen LogP contribution in [0.5, 0.6) is 5.88 Å². The maximum absolute atomic E-state index is 14.8. The molecular weight excluding hydrogens is 430 g/mol. The number of thioether (sulfide) groups is 1. The fourth-order valence-electron chi connectivity index (χ4n) is 3.11. The smallest absolute Gasteiger partial charge is 0.233 e. The Morgan fingerprint density at radius 2 is 2.09 bits per heavy atom. The number of rotatable bonds is 6. The van der Waals surface area contributed by atoms with Gasteiger partial charge in [0.05, 0.1) is 22.7 Å². The first kappa shape index (κ1) is 23.7. The highest BCUT2D eigenvalue weighted by atomic mass is 32.2. The summed E-state index contributed by atoms with van der Waals surface area (Å²) in [7, 11) is 0. The molecule has 0 aliphatic carbocycles. The molecule has 0 spiro atoms. The molecule has 2 aromatic rings. The largest absolute Gasteiger partial charge is 0.460 e. The van der Waals surface area contributed by atoms with Crippen molar-refractivity contribution in [3.05, 3.63) is 53.2 Å². The van der Waals surface area contributed by atoms with Crippen LogP contribution in [0.25, 0.3) is 11.9 Å². The van der Waals surface area contributed by atoms with E-state index < -0.39 is 23.3 Å². The Morgan fingerprint density at radius 1 is 1.34 bits per heavy atom. The highest BCUT2D eigenvalue weighted by molar-refractivity contribution is 8.01. The number of nitrogens with two attached hydrogens (primary N) is 1. The average molecular weight is 457 g/mol. The Labute approximate surface area is 191 Å². The molecule has 1 aliphatic heterocycles. The summed E-state index contributed by atoms with van der Waals surface area (Å²) in [6.07, 6.45) is 9.42. The third-order valence-electron chi connectivity index (χ3n) is 5.25. The number of benzene rings is 1. The Bertz CT molecular complexity index is 1090. The highest BCUT2D eigenvalue weighted by Gasteiger charge is 2.39. The van der Waals surface area contributed by atoms with E-state index in [9.17, 15) is 8.78 Å². The monoisotopic (exact) mass is 456 g/mol. The van der Waals surface area contributed by atoms with E-state index in [1.54, 1.807) is 17.8 Å². The van der Waals surface area contributed by atoms with Crippen LogP contribution in [0.1, 0.15) is 50.9 Å². The second-order valence-corrected chi connectivity index (χ2v) is 9.82. The van der Waals surface area contributed by atoms with Gasteiger partial charge < -0.3 is 10.5 Å². The summed E-state index contributed by atoms with van der Waals surface area (Å²) in [5, 5.41) is 0. The van der Waals surface area contributed by atoms with Crippen molar-refractivity contribution < 1.29 is 13.5 Å². The minimum absolute atomic E-state index is 0.0282. The van der Waals surface area contributed by atoms with E-state index in [4.69, 9.17) is 16.9 Å². The normalized spacial score (nSPS) is 21.4. The lowest BCUT2D eigenvalue weighted by Crippen LogP contribution is -2.44. The van der Waals surface area contributed by atoms with Crippen LogP contribution in [0.4, 0.5) is 8.78 Å². The van der Waals surface area contributed by atoms with Crippen molar-refractivity contribution in [2.24, 2.45) is 10.7 Å². The number of ether oxygens (including phenoxy) is 1. The molecule has 1 aliphatic rings.